The van der Waals surface area contributed by atoms with Crippen LogP contribution in [0.15, 0.2) is 0 Å². The van der Waals surface area contributed by atoms with E-state index in [0.717, 1.165) is 12.3 Å². The van der Waals surface area contributed by atoms with Gasteiger partial charge in [0.05, 0.1) is 5.54 Å². The minimum Gasteiger partial charge on any atom is -0.318 e. The summed E-state index contributed by atoms with van der Waals surface area (Å²) in [6, 6.07) is 0. The van der Waals surface area contributed by atoms with E-state index >= 15 is 0 Å². The first-order valence-corrected chi connectivity index (χ1v) is 4.83. The average molecular weight is 179 g/mol. The predicted octanol–water partition coefficient (Wildman–Crippen LogP) is 0.174. The Bertz CT molecular complexity index is 308. The van der Waals surface area contributed by atoms with Gasteiger partial charge in [0.15, 0.2) is 5.82 Å². The summed E-state index contributed by atoms with van der Waals surface area (Å²) >= 11 is 0. The lowest BCUT2D eigenvalue weighted by Gasteiger charge is -2.29. The molecule has 0 saturated heterocycles. The number of nitrogens with two attached hydrogens (primary N) is 1. The SMILES string of the molecule is NC1(c2nn[nH]n2)CCCC2CC21. The molecule has 2 fully saturated rings. The van der Waals surface area contributed by atoms with Crippen molar-refractivity contribution >= 4 is 0 Å². The highest BCUT2D eigenvalue weighted by molar-refractivity contribution is 5.14. The summed E-state index contributed by atoms with van der Waals surface area (Å²) < 4.78 is 0. The fraction of sp³-hybridized carbons (Fsp3) is 0.875. The van der Waals surface area contributed by atoms with Crippen molar-refractivity contribution in [2.75, 3.05) is 0 Å². The monoisotopic (exact) mass is 179 g/mol. The van der Waals surface area contributed by atoms with Crippen LogP contribution in [0, 0.1) is 11.8 Å². The third-order valence-corrected chi connectivity index (χ3v) is 3.51. The van der Waals surface area contributed by atoms with E-state index in [-0.39, 0.29) is 5.54 Å². The lowest BCUT2D eigenvalue weighted by Crippen LogP contribution is -2.42. The van der Waals surface area contributed by atoms with E-state index < -0.39 is 0 Å². The van der Waals surface area contributed by atoms with E-state index in [1.54, 1.807) is 0 Å². The van der Waals surface area contributed by atoms with Crippen LogP contribution in [0.1, 0.15) is 31.5 Å². The molecule has 2 aliphatic carbocycles. The fourth-order valence-electron chi connectivity index (χ4n) is 2.68. The van der Waals surface area contributed by atoms with Gasteiger partial charge in [-0.15, -0.1) is 10.2 Å². The summed E-state index contributed by atoms with van der Waals surface area (Å²) in [5.41, 5.74) is 6.04. The van der Waals surface area contributed by atoms with Crippen molar-refractivity contribution in [1.29, 1.82) is 0 Å². The second kappa shape index (κ2) is 2.29. The molecule has 70 valence electrons. The molecule has 3 rings (SSSR count). The zero-order chi connectivity index (χ0) is 8.89. The first kappa shape index (κ1) is 7.44. The van der Waals surface area contributed by atoms with Gasteiger partial charge >= 0.3 is 0 Å². The number of rotatable bonds is 1. The van der Waals surface area contributed by atoms with E-state index in [0.29, 0.717) is 11.7 Å². The molecular formula is C8H13N5. The maximum atomic E-state index is 6.33. The highest BCUT2D eigenvalue weighted by Crippen LogP contribution is 2.56. The van der Waals surface area contributed by atoms with Crippen LogP contribution in [0.2, 0.25) is 0 Å². The Kier molecular flexibility index (Phi) is 1.31. The molecule has 5 heteroatoms. The second-order valence-corrected chi connectivity index (χ2v) is 4.27. The van der Waals surface area contributed by atoms with Crippen LogP contribution in [-0.4, -0.2) is 20.6 Å². The van der Waals surface area contributed by atoms with Crippen molar-refractivity contribution in [3.05, 3.63) is 5.82 Å². The maximum absolute atomic E-state index is 6.33. The number of hydrogen-bond donors (Lipinski definition) is 2. The normalized spacial score (nSPS) is 42.8. The van der Waals surface area contributed by atoms with Gasteiger partial charge in [0.25, 0.3) is 0 Å². The molecule has 0 radical (unpaired) electrons. The lowest BCUT2D eigenvalue weighted by molar-refractivity contribution is 0.264. The molecule has 0 amide bonds. The molecule has 2 aliphatic rings. The van der Waals surface area contributed by atoms with Gasteiger partial charge in [0.2, 0.25) is 0 Å². The molecule has 3 N–H and O–H groups in total. The molecule has 5 nitrogen and oxygen atoms in total. The van der Waals surface area contributed by atoms with E-state index in [1.807, 2.05) is 0 Å². The molecule has 0 aliphatic heterocycles. The topological polar surface area (TPSA) is 80.5 Å². The van der Waals surface area contributed by atoms with Gasteiger partial charge in [-0.3, -0.25) is 0 Å². The van der Waals surface area contributed by atoms with Crippen molar-refractivity contribution in [3.63, 3.8) is 0 Å². The van der Waals surface area contributed by atoms with Crippen LogP contribution >= 0.6 is 0 Å². The van der Waals surface area contributed by atoms with Crippen molar-refractivity contribution in [1.82, 2.24) is 20.6 Å². The first-order valence-electron chi connectivity index (χ1n) is 4.83. The molecular weight excluding hydrogens is 166 g/mol. The van der Waals surface area contributed by atoms with Gasteiger partial charge in [0.1, 0.15) is 0 Å². The smallest absolute Gasteiger partial charge is 0.194 e. The summed E-state index contributed by atoms with van der Waals surface area (Å²) in [5.74, 6) is 2.15. The Morgan fingerprint density at radius 1 is 1.54 bits per heavy atom. The van der Waals surface area contributed by atoms with Crippen molar-refractivity contribution in [3.8, 4) is 0 Å². The quantitative estimate of drug-likeness (QED) is 0.644. The molecule has 13 heavy (non-hydrogen) atoms. The highest BCUT2D eigenvalue weighted by Gasteiger charge is 2.55. The predicted molar refractivity (Wildman–Crippen MR) is 45.5 cm³/mol. The van der Waals surface area contributed by atoms with Crippen LogP contribution in [0.4, 0.5) is 0 Å². The van der Waals surface area contributed by atoms with Gasteiger partial charge in [0, 0.05) is 0 Å². The van der Waals surface area contributed by atoms with Crippen molar-refractivity contribution in [2.45, 2.75) is 31.2 Å². The van der Waals surface area contributed by atoms with Crippen LogP contribution in [0.3, 0.4) is 0 Å². The van der Waals surface area contributed by atoms with Gasteiger partial charge in [-0.1, -0.05) is 18.1 Å². The molecule has 1 heterocycles. The summed E-state index contributed by atoms with van der Waals surface area (Å²) in [6.07, 6.45) is 4.80. The van der Waals surface area contributed by atoms with Crippen LogP contribution in [0.5, 0.6) is 0 Å². The van der Waals surface area contributed by atoms with Crippen LogP contribution < -0.4 is 5.73 Å². The van der Waals surface area contributed by atoms with Gasteiger partial charge in [-0.05, 0) is 24.7 Å². The van der Waals surface area contributed by atoms with Crippen LogP contribution in [-0.2, 0) is 5.54 Å². The zero-order valence-corrected chi connectivity index (χ0v) is 7.40. The van der Waals surface area contributed by atoms with E-state index in [4.69, 9.17) is 5.73 Å². The minimum absolute atomic E-state index is 0.282. The number of hydrogen-bond acceptors (Lipinski definition) is 4. The molecule has 2 saturated carbocycles. The van der Waals surface area contributed by atoms with E-state index in [2.05, 4.69) is 20.6 Å². The summed E-state index contributed by atoms with van der Waals surface area (Å²) in [4.78, 5) is 0. The van der Waals surface area contributed by atoms with E-state index in [1.165, 1.54) is 19.3 Å². The molecule has 3 unspecified atom stereocenters. The molecule has 1 aromatic rings. The fourth-order valence-corrected chi connectivity index (χ4v) is 2.68. The number of fused-ring (bicyclic) bond motifs is 1. The molecule has 0 spiro atoms. The number of H-pyrrole nitrogens is 1. The van der Waals surface area contributed by atoms with Crippen molar-refractivity contribution < 1.29 is 0 Å². The molecule has 3 atom stereocenters. The number of nitrogens with one attached hydrogen (secondary N) is 1. The number of tetrazole rings is 1. The average Bonchev–Trinajstić information content (AvgIpc) is 2.74. The Morgan fingerprint density at radius 3 is 3.23 bits per heavy atom. The molecule has 0 bridgehead atoms. The number of aromatic amines is 1. The largest absolute Gasteiger partial charge is 0.318 e. The van der Waals surface area contributed by atoms with Gasteiger partial charge in [-0.25, -0.2) is 0 Å². The lowest BCUT2D eigenvalue weighted by atomic mass is 9.81. The van der Waals surface area contributed by atoms with Crippen molar-refractivity contribution in [2.24, 2.45) is 17.6 Å². The Hall–Kier alpha value is -0.970. The minimum atomic E-state index is -0.282. The summed E-state index contributed by atoms with van der Waals surface area (Å²) in [7, 11) is 0. The molecule has 1 aromatic heterocycles. The first-order chi connectivity index (χ1) is 6.31. The third kappa shape index (κ3) is 0.934. The highest BCUT2D eigenvalue weighted by atomic mass is 15.5. The Labute approximate surface area is 76.1 Å². The third-order valence-electron chi connectivity index (χ3n) is 3.51. The Morgan fingerprint density at radius 2 is 2.46 bits per heavy atom. The van der Waals surface area contributed by atoms with Gasteiger partial charge in [-0.2, -0.15) is 5.21 Å². The molecule has 0 aromatic carbocycles. The standard InChI is InChI=1S/C8H13N5/c9-8(7-10-12-13-11-7)3-1-2-5-4-6(5)8/h5-6H,1-4,9H2,(H,10,11,12,13). The number of aromatic nitrogens is 4. The van der Waals surface area contributed by atoms with Gasteiger partial charge < -0.3 is 5.73 Å². The summed E-state index contributed by atoms with van der Waals surface area (Å²) in [6.45, 7) is 0. The maximum Gasteiger partial charge on any atom is 0.194 e. The van der Waals surface area contributed by atoms with E-state index in [9.17, 15) is 0 Å². The second-order valence-electron chi connectivity index (χ2n) is 4.27. The summed E-state index contributed by atoms with van der Waals surface area (Å²) in [5, 5.41) is 14.1. The van der Waals surface area contributed by atoms with Crippen LogP contribution in [0.25, 0.3) is 0 Å². The Balaban J connectivity index is 1.95. The zero-order valence-electron chi connectivity index (χ0n) is 7.40. The number of nitrogens with zero attached hydrogens (tertiary/aromatic N) is 3.